The van der Waals surface area contributed by atoms with E-state index in [2.05, 4.69) is 5.32 Å². The van der Waals surface area contributed by atoms with Crippen molar-refractivity contribution in [2.75, 3.05) is 6.54 Å². The SMILES string of the molecule is CC(O)CCNC(C)(C)CC(N)=O. The van der Waals surface area contributed by atoms with Gasteiger partial charge in [-0.2, -0.15) is 0 Å². The second-order valence-corrected chi connectivity index (χ2v) is 4.09. The lowest BCUT2D eigenvalue weighted by molar-refractivity contribution is -0.119. The molecule has 0 radical (unpaired) electrons. The highest BCUT2D eigenvalue weighted by molar-refractivity contribution is 5.74. The highest BCUT2D eigenvalue weighted by Crippen LogP contribution is 2.07. The van der Waals surface area contributed by atoms with E-state index >= 15 is 0 Å². The molecule has 0 fully saturated rings. The number of hydrogen-bond donors (Lipinski definition) is 3. The van der Waals surface area contributed by atoms with Crippen molar-refractivity contribution in [1.29, 1.82) is 0 Å². The molecule has 0 bridgehead atoms. The van der Waals surface area contributed by atoms with E-state index in [9.17, 15) is 4.79 Å². The van der Waals surface area contributed by atoms with Gasteiger partial charge in [-0.25, -0.2) is 0 Å². The second kappa shape index (κ2) is 5.19. The lowest BCUT2D eigenvalue weighted by Crippen LogP contribution is -2.43. The summed E-state index contributed by atoms with van der Waals surface area (Å²) >= 11 is 0. The standard InChI is InChI=1S/C9H20N2O2/c1-7(12)4-5-11-9(2,3)6-8(10)13/h7,11-12H,4-6H2,1-3H3,(H2,10,13). The first-order chi connectivity index (χ1) is 5.83. The van der Waals surface area contributed by atoms with Crippen LogP contribution >= 0.6 is 0 Å². The van der Waals surface area contributed by atoms with Crippen molar-refractivity contribution in [3.63, 3.8) is 0 Å². The highest BCUT2D eigenvalue weighted by Gasteiger charge is 2.19. The topological polar surface area (TPSA) is 75.3 Å². The van der Waals surface area contributed by atoms with Crippen molar-refractivity contribution < 1.29 is 9.90 Å². The summed E-state index contributed by atoms with van der Waals surface area (Å²) in [5, 5.41) is 12.2. The van der Waals surface area contributed by atoms with Crippen LogP contribution in [0.15, 0.2) is 0 Å². The van der Waals surface area contributed by atoms with Gasteiger partial charge in [-0.3, -0.25) is 4.79 Å². The number of primary amides is 1. The largest absolute Gasteiger partial charge is 0.393 e. The van der Waals surface area contributed by atoms with Gasteiger partial charge in [-0.05, 0) is 33.7 Å². The Balaban J connectivity index is 3.69. The smallest absolute Gasteiger partial charge is 0.219 e. The molecule has 0 saturated heterocycles. The maximum Gasteiger partial charge on any atom is 0.219 e. The van der Waals surface area contributed by atoms with E-state index in [0.29, 0.717) is 19.4 Å². The van der Waals surface area contributed by atoms with Crippen LogP contribution in [0.3, 0.4) is 0 Å². The zero-order valence-corrected chi connectivity index (χ0v) is 8.63. The van der Waals surface area contributed by atoms with Gasteiger partial charge in [-0.1, -0.05) is 0 Å². The van der Waals surface area contributed by atoms with E-state index < -0.39 is 0 Å². The zero-order valence-electron chi connectivity index (χ0n) is 8.63. The molecule has 0 aromatic heterocycles. The molecule has 1 unspecified atom stereocenters. The van der Waals surface area contributed by atoms with Gasteiger partial charge in [-0.15, -0.1) is 0 Å². The first kappa shape index (κ1) is 12.4. The number of nitrogens with one attached hydrogen (secondary N) is 1. The van der Waals surface area contributed by atoms with Gasteiger partial charge in [0.15, 0.2) is 0 Å². The van der Waals surface area contributed by atoms with Crippen LogP contribution in [0.1, 0.15) is 33.6 Å². The Morgan fingerprint density at radius 3 is 2.54 bits per heavy atom. The van der Waals surface area contributed by atoms with Crippen molar-refractivity contribution in [3.05, 3.63) is 0 Å². The molecule has 1 atom stereocenters. The maximum absolute atomic E-state index is 10.6. The Hall–Kier alpha value is -0.610. The van der Waals surface area contributed by atoms with E-state index in [-0.39, 0.29) is 17.6 Å². The van der Waals surface area contributed by atoms with Crippen molar-refractivity contribution in [1.82, 2.24) is 5.32 Å². The molecule has 0 aromatic rings. The minimum Gasteiger partial charge on any atom is -0.393 e. The van der Waals surface area contributed by atoms with Crippen molar-refractivity contribution in [2.24, 2.45) is 5.73 Å². The molecule has 4 heteroatoms. The quantitative estimate of drug-likeness (QED) is 0.549. The molecule has 0 rings (SSSR count). The molecule has 13 heavy (non-hydrogen) atoms. The van der Waals surface area contributed by atoms with Crippen LogP contribution in [-0.2, 0) is 4.79 Å². The minimum atomic E-state index is -0.311. The minimum absolute atomic E-state index is 0.277. The Bertz CT molecular complexity index is 167. The third-order valence-electron chi connectivity index (χ3n) is 1.78. The fourth-order valence-electron chi connectivity index (χ4n) is 1.12. The summed E-state index contributed by atoms with van der Waals surface area (Å²) in [6, 6.07) is 0. The summed E-state index contributed by atoms with van der Waals surface area (Å²) in [7, 11) is 0. The lowest BCUT2D eigenvalue weighted by atomic mass is 10.00. The van der Waals surface area contributed by atoms with E-state index in [0.717, 1.165) is 0 Å². The van der Waals surface area contributed by atoms with E-state index in [4.69, 9.17) is 10.8 Å². The zero-order chi connectivity index (χ0) is 10.5. The molecular weight excluding hydrogens is 168 g/mol. The Morgan fingerprint density at radius 2 is 2.15 bits per heavy atom. The van der Waals surface area contributed by atoms with Gasteiger partial charge in [0.25, 0.3) is 0 Å². The highest BCUT2D eigenvalue weighted by atomic mass is 16.3. The summed E-state index contributed by atoms with van der Waals surface area (Å²) in [5.74, 6) is -0.311. The second-order valence-electron chi connectivity index (χ2n) is 4.09. The first-order valence-electron chi connectivity index (χ1n) is 4.55. The van der Waals surface area contributed by atoms with E-state index in [1.54, 1.807) is 6.92 Å². The Morgan fingerprint density at radius 1 is 1.62 bits per heavy atom. The number of aliphatic hydroxyl groups excluding tert-OH is 1. The monoisotopic (exact) mass is 188 g/mol. The summed E-state index contributed by atoms with van der Waals surface area (Å²) in [4.78, 5) is 10.6. The van der Waals surface area contributed by atoms with Gasteiger partial charge < -0.3 is 16.2 Å². The van der Waals surface area contributed by atoms with Crippen LogP contribution in [0.25, 0.3) is 0 Å². The van der Waals surface area contributed by atoms with Gasteiger partial charge >= 0.3 is 0 Å². The third-order valence-corrected chi connectivity index (χ3v) is 1.78. The van der Waals surface area contributed by atoms with Crippen molar-refractivity contribution in [3.8, 4) is 0 Å². The number of carbonyl (C=O) groups excluding carboxylic acids is 1. The summed E-state index contributed by atoms with van der Waals surface area (Å²) in [6.45, 7) is 6.26. The molecular formula is C9H20N2O2. The molecule has 0 saturated carbocycles. The molecule has 0 aliphatic rings. The molecule has 78 valence electrons. The van der Waals surface area contributed by atoms with Crippen molar-refractivity contribution in [2.45, 2.75) is 45.3 Å². The van der Waals surface area contributed by atoms with Gasteiger partial charge in [0, 0.05) is 12.0 Å². The van der Waals surface area contributed by atoms with Crippen LogP contribution in [0.2, 0.25) is 0 Å². The van der Waals surface area contributed by atoms with Crippen LogP contribution in [0, 0.1) is 0 Å². The summed E-state index contributed by atoms with van der Waals surface area (Å²) in [5.41, 5.74) is 4.80. The molecule has 0 aliphatic heterocycles. The fourth-order valence-corrected chi connectivity index (χ4v) is 1.12. The van der Waals surface area contributed by atoms with E-state index in [1.807, 2.05) is 13.8 Å². The number of amides is 1. The predicted molar refractivity (Wildman–Crippen MR) is 52.2 cm³/mol. The molecule has 0 aromatic carbocycles. The van der Waals surface area contributed by atoms with Gasteiger partial charge in [0.05, 0.1) is 6.10 Å². The van der Waals surface area contributed by atoms with Crippen LogP contribution in [0.5, 0.6) is 0 Å². The molecule has 0 aliphatic carbocycles. The molecule has 4 nitrogen and oxygen atoms in total. The number of nitrogens with two attached hydrogens (primary N) is 1. The first-order valence-corrected chi connectivity index (χ1v) is 4.55. The maximum atomic E-state index is 10.6. The van der Waals surface area contributed by atoms with Crippen LogP contribution in [-0.4, -0.2) is 29.2 Å². The average Bonchev–Trinajstić information content (AvgIpc) is 1.81. The number of aliphatic hydroxyl groups is 1. The van der Waals surface area contributed by atoms with Gasteiger partial charge in [0.1, 0.15) is 0 Å². The molecule has 0 spiro atoms. The summed E-state index contributed by atoms with van der Waals surface area (Å²) < 4.78 is 0. The van der Waals surface area contributed by atoms with Crippen molar-refractivity contribution >= 4 is 5.91 Å². The normalized spacial score (nSPS) is 14.2. The third kappa shape index (κ3) is 7.74. The molecule has 4 N–H and O–H groups in total. The van der Waals surface area contributed by atoms with Gasteiger partial charge in [0.2, 0.25) is 5.91 Å². The lowest BCUT2D eigenvalue weighted by Gasteiger charge is -2.25. The molecule has 0 heterocycles. The Kier molecular flexibility index (Phi) is 4.95. The fraction of sp³-hybridized carbons (Fsp3) is 0.889. The Labute approximate surface area is 79.5 Å². The molecule has 1 amide bonds. The average molecular weight is 188 g/mol. The summed E-state index contributed by atoms with van der Waals surface area (Å²) in [6.07, 6.45) is 0.687. The van der Waals surface area contributed by atoms with E-state index in [1.165, 1.54) is 0 Å². The predicted octanol–water partition coefficient (Wildman–Crippen LogP) is 0.000900. The van der Waals surface area contributed by atoms with Crippen LogP contribution < -0.4 is 11.1 Å². The number of rotatable bonds is 6. The number of hydrogen-bond acceptors (Lipinski definition) is 3. The number of carbonyl (C=O) groups is 1. The van der Waals surface area contributed by atoms with Crippen LogP contribution in [0.4, 0.5) is 0 Å².